The van der Waals surface area contributed by atoms with Gasteiger partial charge in [-0.05, 0) is 0 Å². The highest BCUT2D eigenvalue weighted by atomic mass is 16.6. The average Bonchev–Trinajstić information content (AvgIpc) is 2.45. The number of pyridine rings is 1. The van der Waals surface area contributed by atoms with Crippen molar-refractivity contribution in [1.29, 1.82) is 0 Å². The van der Waals surface area contributed by atoms with E-state index in [9.17, 15) is 19.7 Å². The predicted molar refractivity (Wildman–Crippen MR) is 74.4 cm³/mol. The summed E-state index contributed by atoms with van der Waals surface area (Å²) in [6, 6.07) is 0.950. The Kier molecular flexibility index (Phi) is 5.17. The molecule has 9 heteroatoms. The number of carboxylic acid groups (broad SMARTS) is 1. The molecule has 0 spiro atoms. The molecule has 1 aromatic rings. The van der Waals surface area contributed by atoms with E-state index in [0.717, 1.165) is 12.3 Å². The summed E-state index contributed by atoms with van der Waals surface area (Å²) in [4.78, 5) is 37.9. The van der Waals surface area contributed by atoms with Crippen LogP contribution in [-0.2, 0) is 4.79 Å². The minimum atomic E-state index is -1.29. The Morgan fingerprint density at radius 1 is 1.57 bits per heavy atom. The van der Waals surface area contributed by atoms with E-state index in [1.54, 1.807) is 14.0 Å². The minimum Gasteiger partial charge on any atom is -0.478 e. The van der Waals surface area contributed by atoms with Crippen LogP contribution in [0.15, 0.2) is 12.3 Å². The summed E-state index contributed by atoms with van der Waals surface area (Å²) >= 11 is 0. The molecule has 114 valence electrons. The van der Waals surface area contributed by atoms with Crippen LogP contribution in [-0.4, -0.2) is 47.5 Å². The lowest BCUT2D eigenvalue weighted by Gasteiger charge is -2.21. The SMILES string of the molecule is CNC(=O)C(C)CN(C)c1ncc(C(=O)O)cc1[N+](=O)[O-]. The molecular weight excluding hydrogens is 280 g/mol. The number of nitro groups is 1. The predicted octanol–water partition coefficient (Wildman–Crippen LogP) is 0.506. The third-order valence-corrected chi connectivity index (χ3v) is 2.89. The second-order valence-electron chi connectivity index (χ2n) is 4.52. The smallest absolute Gasteiger partial charge is 0.337 e. The molecule has 1 atom stereocenters. The number of aromatic carboxylic acids is 1. The Morgan fingerprint density at radius 3 is 2.67 bits per heavy atom. The van der Waals surface area contributed by atoms with Gasteiger partial charge in [-0.1, -0.05) is 6.92 Å². The van der Waals surface area contributed by atoms with Crippen LogP contribution in [0.2, 0.25) is 0 Å². The first-order valence-electron chi connectivity index (χ1n) is 6.08. The molecule has 21 heavy (non-hydrogen) atoms. The van der Waals surface area contributed by atoms with E-state index in [0.29, 0.717) is 0 Å². The number of nitrogens with zero attached hydrogens (tertiary/aromatic N) is 3. The van der Waals surface area contributed by atoms with Crippen molar-refractivity contribution in [1.82, 2.24) is 10.3 Å². The maximum absolute atomic E-state index is 11.5. The van der Waals surface area contributed by atoms with Crippen LogP contribution in [0.4, 0.5) is 11.5 Å². The summed E-state index contributed by atoms with van der Waals surface area (Å²) in [5, 5.41) is 22.4. The maximum atomic E-state index is 11.5. The number of aromatic nitrogens is 1. The zero-order chi connectivity index (χ0) is 16.2. The standard InChI is InChI=1S/C12H16N4O5/c1-7(11(17)13-2)6-15(3)10-9(16(20)21)4-8(5-14-10)12(18)19/h4-5,7H,6H2,1-3H3,(H,13,17)(H,18,19). The van der Waals surface area contributed by atoms with Crippen LogP contribution in [0.3, 0.4) is 0 Å². The number of nitrogens with one attached hydrogen (secondary N) is 1. The van der Waals surface area contributed by atoms with E-state index in [1.165, 1.54) is 11.9 Å². The van der Waals surface area contributed by atoms with Crippen LogP contribution < -0.4 is 10.2 Å². The lowest BCUT2D eigenvalue weighted by molar-refractivity contribution is -0.384. The van der Waals surface area contributed by atoms with Crippen molar-refractivity contribution >= 4 is 23.4 Å². The Balaban J connectivity index is 3.08. The van der Waals surface area contributed by atoms with E-state index in [2.05, 4.69) is 10.3 Å². The summed E-state index contributed by atoms with van der Waals surface area (Å²) in [7, 11) is 3.05. The second kappa shape index (κ2) is 6.64. The van der Waals surface area contributed by atoms with Gasteiger partial charge in [0.05, 0.1) is 16.4 Å². The van der Waals surface area contributed by atoms with Gasteiger partial charge in [0.15, 0.2) is 0 Å². The summed E-state index contributed by atoms with van der Waals surface area (Å²) in [5.41, 5.74) is -0.681. The third kappa shape index (κ3) is 3.88. The van der Waals surface area contributed by atoms with Crippen molar-refractivity contribution in [2.75, 3.05) is 25.5 Å². The highest BCUT2D eigenvalue weighted by Crippen LogP contribution is 2.26. The number of carbonyl (C=O) groups excluding carboxylic acids is 1. The molecule has 1 amide bonds. The fourth-order valence-corrected chi connectivity index (χ4v) is 1.82. The Morgan fingerprint density at radius 2 is 2.19 bits per heavy atom. The van der Waals surface area contributed by atoms with Gasteiger partial charge >= 0.3 is 11.7 Å². The molecule has 1 aromatic heterocycles. The second-order valence-corrected chi connectivity index (χ2v) is 4.52. The lowest BCUT2D eigenvalue weighted by atomic mass is 10.1. The quantitative estimate of drug-likeness (QED) is 0.578. The van der Waals surface area contributed by atoms with E-state index in [-0.39, 0.29) is 23.8 Å². The maximum Gasteiger partial charge on any atom is 0.337 e. The zero-order valence-corrected chi connectivity index (χ0v) is 11.9. The van der Waals surface area contributed by atoms with Crippen LogP contribution in [0, 0.1) is 16.0 Å². The van der Waals surface area contributed by atoms with Gasteiger partial charge in [-0.2, -0.15) is 0 Å². The van der Waals surface area contributed by atoms with Gasteiger partial charge in [0, 0.05) is 32.9 Å². The van der Waals surface area contributed by atoms with Crippen molar-refractivity contribution in [3.63, 3.8) is 0 Å². The van der Waals surface area contributed by atoms with Gasteiger partial charge in [-0.15, -0.1) is 0 Å². The summed E-state index contributed by atoms with van der Waals surface area (Å²) in [6.45, 7) is 1.88. The molecule has 0 fully saturated rings. The number of anilines is 1. The number of hydrogen-bond donors (Lipinski definition) is 2. The molecule has 0 aliphatic heterocycles. The van der Waals surface area contributed by atoms with Gasteiger partial charge in [-0.3, -0.25) is 14.9 Å². The van der Waals surface area contributed by atoms with Gasteiger partial charge in [0.2, 0.25) is 11.7 Å². The fraction of sp³-hybridized carbons (Fsp3) is 0.417. The van der Waals surface area contributed by atoms with E-state index in [1.807, 2.05) is 0 Å². The molecule has 0 saturated carbocycles. The summed E-state index contributed by atoms with van der Waals surface area (Å²) < 4.78 is 0. The molecule has 1 heterocycles. The van der Waals surface area contributed by atoms with Gasteiger partial charge in [-0.25, -0.2) is 9.78 Å². The van der Waals surface area contributed by atoms with Crippen molar-refractivity contribution in [3.05, 3.63) is 27.9 Å². The highest BCUT2D eigenvalue weighted by molar-refractivity contribution is 5.88. The first-order chi connectivity index (χ1) is 9.77. The van der Waals surface area contributed by atoms with Gasteiger partial charge < -0.3 is 15.3 Å². The minimum absolute atomic E-state index is 0.0146. The van der Waals surface area contributed by atoms with E-state index < -0.39 is 22.5 Å². The largest absolute Gasteiger partial charge is 0.478 e. The lowest BCUT2D eigenvalue weighted by Crippen LogP contribution is -2.35. The molecule has 0 bridgehead atoms. The Labute approximate surface area is 120 Å². The molecule has 1 rings (SSSR count). The van der Waals surface area contributed by atoms with E-state index in [4.69, 9.17) is 5.11 Å². The average molecular weight is 296 g/mol. The van der Waals surface area contributed by atoms with Crippen molar-refractivity contribution in [3.8, 4) is 0 Å². The molecule has 0 aliphatic rings. The van der Waals surface area contributed by atoms with Crippen molar-refractivity contribution in [2.24, 2.45) is 5.92 Å². The molecule has 0 aliphatic carbocycles. The number of amides is 1. The summed E-state index contributed by atoms with van der Waals surface area (Å²) in [6.07, 6.45) is 1.05. The number of rotatable bonds is 6. The Hall–Kier alpha value is -2.71. The van der Waals surface area contributed by atoms with Crippen molar-refractivity contribution in [2.45, 2.75) is 6.92 Å². The van der Waals surface area contributed by atoms with Gasteiger partial charge in [0.1, 0.15) is 0 Å². The number of carbonyl (C=O) groups is 2. The number of carboxylic acids is 1. The van der Waals surface area contributed by atoms with E-state index >= 15 is 0 Å². The van der Waals surface area contributed by atoms with Crippen LogP contribution in [0.5, 0.6) is 0 Å². The first kappa shape index (κ1) is 16.3. The molecular formula is C12H16N4O5. The number of hydrogen-bond acceptors (Lipinski definition) is 6. The van der Waals surface area contributed by atoms with Crippen LogP contribution in [0.25, 0.3) is 0 Å². The van der Waals surface area contributed by atoms with Crippen molar-refractivity contribution < 1.29 is 19.6 Å². The molecule has 0 radical (unpaired) electrons. The molecule has 1 unspecified atom stereocenters. The van der Waals surface area contributed by atoms with Gasteiger partial charge in [0.25, 0.3) is 0 Å². The first-order valence-corrected chi connectivity index (χ1v) is 6.08. The zero-order valence-electron chi connectivity index (χ0n) is 11.9. The topological polar surface area (TPSA) is 126 Å². The molecule has 0 saturated heterocycles. The van der Waals surface area contributed by atoms with Crippen LogP contribution >= 0.6 is 0 Å². The molecule has 2 N–H and O–H groups in total. The summed E-state index contributed by atoms with van der Waals surface area (Å²) in [5.74, 6) is -1.88. The highest BCUT2D eigenvalue weighted by Gasteiger charge is 2.24. The Bertz CT molecular complexity index is 575. The molecule has 9 nitrogen and oxygen atoms in total. The third-order valence-electron chi connectivity index (χ3n) is 2.89. The monoisotopic (exact) mass is 296 g/mol. The fourth-order valence-electron chi connectivity index (χ4n) is 1.82. The van der Waals surface area contributed by atoms with Crippen LogP contribution in [0.1, 0.15) is 17.3 Å². The normalized spacial score (nSPS) is 11.6. The molecule has 0 aromatic carbocycles.